The Morgan fingerprint density at radius 1 is 1.30 bits per heavy atom. The molecule has 2 rings (SSSR count). The molecular weight excluding hydrogens is 308 g/mol. The van der Waals surface area contributed by atoms with Gasteiger partial charge in [-0.3, -0.25) is 9.59 Å². The number of aryl methyl sites for hydroxylation is 1. The highest BCUT2D eigenvalue weighted by molar-refractivity contribution is 5.92. The van der Waals surface area contributed by atoms with Crippen molar-refractivity contribution in [1.82, 2.24) is 14.7 Å². The van der Waals surface area contributed by atoms with E-state index in [1.165, 1.54) is 28.8 Å². The molecule has 0 aliphatic rings. The molecule has 0 fully saturated rings. The van der Waals surface area contributed by atoms with Crippen LogP contribution >= 0.6 is 0 Å². The van der Waals surface area contributed by atoms with E-state index in [0.717, 1.165) is 12.1 Å². The lowest BCUT2D eigenvalue weighted by atomic mass is 10.3. The number of nitrogens with zero attached hydrogens (tertiary/aromatic N) is 3. The van der Waals surface area contributed by atoms with Gasteiger partial charge < -0.3 is 10.0 Å². The number of benzene rings is 1. The summed E-state index contributed by atoms with van der Waals surface area (Å²) >= 11 is 0. The topological polar surface area (TPSA) is 75.4 Å². The Kier molecular flexibility index (Phi) is 4.73. The number of amides is 1. The zero-order valence-electron chi connectivity index (χ0n) is 12.6. The van der Waals surface area contributed by atoms with E-state index in [4.69, 9.17) is 5.11 Å². The summed E-state index contributed by atoms with van der Waals surface area (Å²) in [5.41, 5.74) is 0.570. The van der Waals surface area contributed by atoms with E-state index in [9.17, 15) is 18.4 Å². The van der Waals surface area contributed by atoms with Gasteiger partial charge >= 0.3 is 5.97 Å². The Hall–Kier alpha value is -2.77. The van der Waals surface area contributed by atoms with Crippen LogP contribution in [0.4, 0.5) is 8.78 Å². The fourth-order valence-electron chi connectivity index (χ4n) is 2.04. The molecule has 1 aromatic heterocycles. The van der Waals surface area contributed by atoms with Gasteiger partial charge in [-0.05, 0) is 25.1 Å². The molecule has 1 aromatic carbocycles. The van der Waals surface area contributed by atoms with E-state index >= 15 is 0 Å². The van der Waals surface area contributed by atoms with Crippen molar-refractivity contribution >= 4 is 11.9 Å². The monoisotopic (exact) mass is 323 g/mol. The quantitative estimate of drug-likeness (QED) is 0.913. The van der Waals surface area contributed by atoms with Gasteiger partial charge in [-0.25, -0.2) is 13.5 Å². The highest BCUT2D eigenvalue weighted by Crippen LogP contribution is 2.17. The number of carboxylic acid groups (broad SMARTS) is 1. The molecule has 0 saturated carbocycles. The summed E-state index contributed by atoms with van der Waals surface area (Å²) in [6, 6.07) is 4.52. The first-order valence-corrected chi connectivity index (χ1v) is 6.79. The lowest BCUT2D eigenvalue weighted by molar-refractivity contribution is -0.137. The number of aliphatic carboxylic acids is 1. The van der Waals surface area contributed by atoms with Crippen molar-refractivity contribution in [2.75, 3.05) is 13.6 Å². The van der Waals surface area contributed by atoms with Crippen LogP contribution in [0.3, 0.4) is 0 Å². The average molecular weight is 323 g/mol. The van der Waals surface area contributed by atoms with Gasteiger partial charge in [-0.2, -0.15) is 5.10 Å². The van der Waals surface area contributed by atoms with Crippen molar-refractivity contribution in [2.45, 2.75) is 13.3 Å². The van der Waals surface area contributed by atoms with Crippen LogP contribution in [-0.4, -0.2) is 45.3 Å². The Balaban J connectivity index is 2.27. The second-order valence-corrected chi connectivity index (χ2v) is 5.05. The highest BCUT2D eigenvalue weighted by Gasteiger charge is 2.19. The van der Waals surface area contributed by atoms with Crippen LogP contribution in [0.25, 0.3) is 5.69 Å². The molecule has 23 heavy (non-hydrogen) atoms. The van der Waals surface area contributed by atoms with Crippen LogP contribution in [0.1, 0.15) is 22.6 Å². The highest BCUT2D eigenvalue weighted by atomic mass is 19.1. The number of halogens is 2. The van der Waals surface area contributed by atoms with E-state index in [0.29, 0.717) is 5.69 Å². The molecule has 0 spiro atoms. The minimum absolute atomic E-state index is 0.0242. The van der Waals surface area contributed by atoms with Crippen molar-refractivity contribution in [1.29, 1.82) is 0 Å². The molecule has 1 heterocycles. The van der Waals surface area contributed by atoms with Crippen LogP contribution in [-0.2, 0) is 4.79 Å². The number of hydrogen-bond donors (Lipinski definition) is 1. The summed E-state index contributed by atoms with van der Waals surface area (Å²) in [5.74, 6) is -2.99. The van der Waals surface area contributed by atoms with E-state index in [-0.39, 0.29) is 24.3 Å². The fourth-order valence-corrected chi connectivity index (χ4v) is 2.04. The van der Waals surface area contributed by atoms with Gasteiger partial charge in [-0.1, -0.05) is 0 Å². The molecule has 0 atom stereocenters. The predicted octanol–water partition coefficient (Wildman–Crippen LogP) is 2.01. The molecule has 0 aliphatic carbocycles. The summed E-state index contributed by atoms with van der Waals surface area (Å²) in [6.07, 6.45) is -0.186. The molecule has 0 saturated heterocycles. The first kappa shape index (κ1) is 16.6. The van der Waals surface area contributed by atoms with Crippen LogP contribution in [0, 0.1) is 18.6 Å². The zero-order chi connectivity index (χ0) is 17.1. The average Bonchev–Trinajstić information content (AvgIpc) is 2.85. The summed E-state index contributed by atoms with van der Waals surface area (Å²) in [5, 5.41) is 12.7. The lowest BCUT2D eigenvalue weighted by Gasteiger charge is -2.14. The number of hydrogen-bond acceptors (Lipinski definition) is 3. The third-order valence-corrected chi connectivity index (χ3v) is 3.25. The van der Waals surface area contributed by atoms with Gasteiger partial charge in [0.05, 0.1) is 6.42 Å². The number of aromatic nitrogens is 2. The smallest absolute Gasteiger partial charge is 0.305 e. The number of carboxylic acids is 1. The SMILES string of the molecule is Cc1cc(C(=O)N(C)CCC(=O)O)nn1-c1ccc(F)cc1F. The molecule has 0 unspecified atom stereocenters. The third kappa shape index (κ3) is 3.71. The van der Waals surface area contributed by atoms with Crippen LogP contribution in [0.15, 0.2) is 24.3 Å². The lowest BCUT2D eigenvalue weighted by Crippen LogP contribution is -2.29. The molecule has 1 N–H and O–H groups in total. The molecule has 8 heteroatoms. The van der Waals surface area contributed by atoms with Gasteiger partial charge in [0.2, 0.25) is 0 Å². The van der Waals surface area contributed by atoms with Gasteiger partial charge in [0.15, 0.2) is 11.5 Å². The van der Waals surface area contributed by atoms with Crippen molar-refractivity contribution in [3.63, 3.8) is 0 Å². The first-order chi connectivity index (χ1) is 10.8. The van der Waals surface area contributed by atoms with Crippen molar-refractivity contribution in [2.24, 2.45) is 0 Å². The summed E-state index contributed by atoms with van der Waals surface area (Å²) in [6.45, 7) is 1.66. The Morgan fingerprint density at radius 2 is 2.00 bits per heavy atom. The fraction of sp³-hybridized carbons (Fsp3) is 0.267. The maximum atomic E-state index is 13.8. The number of rotatable bonds is 5. The second-order valence-electron chi connectivity index (χ2n) is 5.05. The molecular formula is C15H15F2N3O3. The first-order valence-electron chi connectivity index (χ1n) is 6.79. The van der Waals surface area contributed by atoms with Crippen LogP contribution in [0.5, 0.6) is 0 Å². The molecule has 0 bridgehead atoms. The minimum Gasteiger partial charge on any atom is -0.481 e. The van der Waals surface area contributed by atoms with Gasteiger partial charge in [0.1, 0.15) is 11.5 Å². The summed E-state index contributed by atoms with van der Waals surface area (Å²) in [7, 11) is 1.46. The maximum Gasteiger partial charge on any atom is 0.305 e. The Morgan fingerprint density at radius 3 is 2.61 bits per heavy atom. The Labute approximate surface area is 130 Å². The minimum atomic E-state index is -1.01. The van der Waals surface area contributed by atoms with E-state index in [1.54, 1.807) is 6.92 Å². The van der Waals surface area contributed by atoms with E-state index in [1.807, 2.05) is 0 Å². The molecule has 1 amide bonds. The second kappa shape index (κ2) is 6.55. The van der Waals surface area contributed by atoms with Crippen molar-refractivity contribution in [3.05, 3.63) is 47.3 Å². The largest absolute Gasteiger partial charge is 0.481 e. The van der Waals surface area contributed by atoms with Gasteiger partial charge in [0.25, 0.3) is 5.91 Å². The predicted molar refractivity (Wildman–Crippen MR) is 77.4 cm³/mol. The molecule has 0 radical (unpaired) electrons. The van der Waals surface area contributed by atoms with Crippen molar-refractivity contribution < 1.29 is 23.5 Å². The third-order valence-electron chi connectivity index (χ3n) is 3.25. The Bertz CT molecular complexity index is 758. The number of carbonyl (C=O) groups is 2. The zero-order valence-corrected chi connectivity index (χ0v) is 12.6. The molecule has 122 valence electrons. The molecule has 6 nitrogen and oxygen atoms in total. The van der Waals surface area contributed by atoms with Gasteiger partial charge in [0, 0.05) is 25.4 Å². The molecule has 2 aromatic rings. The standard InChI is InChI=1S/C15H15F2N3O3/c1-9-7-12(15(23)19(2)6-5-14(21)22)18-20(9)13-4-3-10(16)8-11(13)17/h3-4,7-8H,5-6H2,1-2H3,(H,21,22). The maximum absolute atomic E-state index is 13.8. The number of carbonyl (C=O) groups excluding carboxylic acids is 1. The summed E-state index contributed by atoms with van der Waals surface area (Å²) < 4.78 is 28.0. The molecule has 0 aliphatic heterocycles. The van der Waals surface area contributed by atoms with Crippen molar-refractivity contribution in [3.8, 4) is 5.69 Å². The van der Waals surface area contributed by atoms with Crippen LogP contribution in [0.2, 0.25) is 0 Å². The summed E-state index contributed by atoms with van der Waals surface area (Å²) in [4.78, 5) is 24.0. The van der Waals surface area contributed by atoms with Gasteiger partial charge in [-0.15, -0.1) is 0 Å². The van der Waals surface area contributed by atoms with E-state index in [2.05, 4.69) is 5.10 Å². The van der Waals surface area contributed by atoms with E-state index < -0.39 is 23.5 Å². The van der Waals surface area contributed by atoms with Crippen LogP contribution < -0.4 is 0 Å². The normalized spacial score (nSPS) is 10.6.